The lowest BCUT2D eigenvalue weighted by Crippen LogP contribution is -2.44. The summed E-state index contributed by atoms with van der Waals surface area (Å²) in [5.41, 5.74) is -0.216. The van der Waals surface area contributed by atoms with E-state index in [0.717, 1.165) is 17.1 Å². The molecule has 0 amide bonds. The van der Waals surface area contributed by atoms with E-state index in [4.69, 9.17) is 13.9 Å². The Balaban J connectivity index is 2.08. The van der Waals surface area contributed by atoms with E-state index in [9.17, 15) is 5.11 Å². The van der Waals surface area contributed by atoms with Crippen molar-refractivity contribution in [2.45, 2.75) is 32.9 Å². The SMILES string of the molecule is CCNC(=NCc1ccc(OC)cc1OC)NCC(C)(O)c1ccc(C)o1. The number of methoxy groups -OCH3 is 2. The number of aryl methyl sites for hydroxylation is 1. The van der Waals surface area contributed by atoms with Crippen LogP contribution in [0.1, 0.15) is 30.9 Å². The quantitative estimate of drug-likeness (QED) is 0.485. The van der Waals surface area contributed by atoms with Crippen LogP contribution in [0.2, 0.25) is 0 Å². The molecule has 2 rings (SSSR count). The van der Waals surface area contributed by atoms with Gasteiger partial charge >= 0.3 is 0 Å². The van der Waals surface area contributed by atoms with Crippen molar-refractivity contribution >= 4 is 5.96 Å². The second-order valence-electron chi connectivity index (χ2n) is 6.41. The number of benzene rings is 1. The van der Waals surface area contributed by atoms with Crippen LogP contribution in [0.4, 0.5) is 0 Å². The van der Waals surface area contributed by atoms with E-state index in [1.54, 1.807) is 27.2 Å². The molecule has 2 aromatic rings. The third-order valence-corrected chi connectivity index (χ3v) is 4.12. The fourth-order valence-corrected chi connectivity index (χ4v) is 2.56. The molecule has 7 nitrogen and oxygen atoms in total. The van der Waals surface area contributed by atoms with Crippen molar-refractivity contribution in [3.8, 4) is 11.5 Å². The standard InChI is InChI=1S/C20H29N3O4/c1-6-21-19(23-13-20(3,24)18-10-7-14(2)27-18)22-12-15-8-9-16(25-4)11-17(15)26-5/h7-11,24H,6,12-13H2,1-5H3,(H2,21,22,23). The third-order valence-electron chi connectivity index (χ3n) is 4.12. The lowest BCUT2D eigenvalue weighted by atomic mass is 10.0. The van der Waals surface area contributed by atoms with Crippen molar-refractivity contribution in [3.63, 3.8) is 0 Å². The van der Waals surface area contributed by atoms with Gasteiger partial charge in [-0.25, -0.2) is 4.99 Å². The van der Waals surface area contributed by atoms with Gasteiger partial charge in [0.15, 0.2) is 5.96 Å². The Morgan fingerprint density at radius 1 is 1.19 bits per heavy atom. The van der Waals surface area contributed by atoms with E-state index in [-0.39, 0.29) is 6.54 Å². The fraction of sp³-hybridized carbons (Fsp3) is 0.450. The number of nitrogens with zero attached hydrogens (tertiary/aromatic N) is 1. The summed E-state index contributed by atoms with van der Waals surface area (Å²) in [4.78, 5) is 4.58. The number of hydrogen-bond donors (Lipinski definition) is 3. The fourth-order valence-electron chi connectivity index (χ4n) is 2.56. The molecule has 1 atom stereocenters. The van der Waals surface area contributed by atoms with E-state index in [1.807, 2.05) is 38.1 Å². The van der Waals surface area contributed by atoms with Gasteiger partial charge in [-0.15, -0.1) is 0 Å². The maximum Gasteiger partial charge on any atom is 0.191 e. The third kappa shape index (κ3) is 5.65. The topological polar surface area (TPSA) is 88.3 Å². The summed E-state index contributed by atoms with van der Waals surface area (Å²) in [7, 11) is 3.24. The Labute approximate surface area is 160 Å². The average Bonchev–Trinajstić information content (AvgIpc) is 3.11. The number of guanidine groups is 1. The summed E-state index contributed by atoms with van der Waals surface area (Å²) in [6.07, 6.45) is 0. The highest BCUT2D eigenvalue weighted by atomic mass is 16.5. The number of aliphatic imine (C=N–C) groups is 1. The number of rotatable bonds is 8. The minimum absolute atomic E-state index is 0.255. The van der Waals surface area contributed by atoms with Gasteiger partial charge in [-0.2, -0.15) is 0 Å². The first-order chi connectivity index (χ1) is 12.9. The average molecular weight is 375 g/mol. The van der Waals surface area contributed by atoms with E-state index < -0.39 is 5.60 Å². The van der Waals surface area contributed by atoms with E-state index in [2.05, 4.69) is 15.6 Å². The molecule has 1 heterocycles. The molecular weight excluding hydrogens is 346 g/mol. The van der Waals surface area contributed by atoms with Gasteiger partial charge in [0.2, 0.25) is 0 Å². The summed E-state index contributed by atoms with van der Waals surface area (Å²) in [6.45, 7) is 6.91. The van der Waals surface area contributed by atoms with Crippen LogP contribution in [0.25, 0.3) is 0 Å². The van der Waals surface area contributed by atoms with Gasteiger partial charge in [-0.05, 0) is 45.0 Å². The molecule has 0 aliphatic heterocycles. The Morgan fingerprint density at radius 2 is 1.96 bits per heavy atom. The smallest absolute Gasteiger partial charge is 0.191 e. The number of nitrogens with one attached hydrogen (secondary N) is 2. The van der Waals surface area contributed by atoms with Gasteiger partial charge in [-0.1, -0.05) is 0 Å². The number of hydrogen-bond acceptors (Lipinski definition) is 5. The monoisotopic (exact) mass is 375 g/mol. The van der Waals surface area contributed by atoms with Gasteiger partial charge in [0.1, 0.15) is 28.6 Å². The molecule has 0 spiro atoms. The van der Waals surface area contributed by atoms with Crippen LogP contribution in [0.15, 0.2) is 39.7 Å². The van der Waals surface area contributed by atoms with Crippen LogP contribution in [-0.4, -0.2) is 38.4 Å². The molecule has 148 valence electrons. The molecule has 0 saturated heterocycles. The van der Waals surface area contributed by atoms with E-state index in [1.165, 1.54) is 0 Å². The molecule has 1 aromatic carbocycles. The minimum atomic E-state index is -1.15. The van der Waals surface area contributed by atoms with Gasteiger partial charge in [-0.3, -0.25) is 0 Å². The summed E-state index contributed by atoms with van der Waals surface area (Å²) in [5, 5.41) is 17.0. The molecule has 0 saturated carbocycles. The number of ether oxygens (including phenoxy) is 2. The predicted octanol–water partition coefficient (Wildman–Crippen LogP) is 2.57. The zero-order valence-corrected chi connectivity index (χ0v) is 16.6. The van der Waals surface area contributed by atoms with Crippen molar-refractivity contribution in [3.05, 3.63) is 47.4 Å². The Morgan fingerprint density at radius 3 is 2.56 bits per heavy atom. The zero-order valence-electron chi connectivity index (χ0n) is 16.6. The van der Waals surface area contributed by atoms with Crippen molar-refractivity contribution in [2.24, 2.45) is 4.99 Å². The Hall–Kier alpha value is -2.67. The second kappa shape index (κ2) is 9.32. The molecule has 3 N–H and O–H groups in total. The van der Waals surface area contributed by atoms with Crippen LogP contribution >= 0.6 is 0 Å². The maximum absolute atomic E-state index is 10.7. The van der Waals surface area contributed by atoms with Crippen LogP contribution in [0.5, 0.6) is 11.5 Å². The zero-order chi connectivity index (χ0) is 19.9. The van der Waals surface area contributed by atoms with Crippen LogP contribution in [-0.2, 0) is 12.1 Å². The summed E-state index contributed by atoms with van der Waals surface area (Å²) in [6, 6.07) is 9.24. The summed E-state index contributed by atoms with van der Waals surface area (Å²) >= 11 is 0. The summed E-state index contributed by atoms with van der Waals surface area (Å²) < 4.78 is 16.2. The van der Waals surface area contributed by atoms with Crippen molar-refractivity contribution in [2.75, 3.05) is 27.3 Å². The van der Waals surface area contributed by atoms with Crippen LogP contribution < -0.4 is 20.1 Å². The lowest BCUT2D eigenvalue weighted by molar-refractivity contribution is 0.0378. The van der Waals surface area contributed by atoms with Gasteiger partial charge < -0.3 is 29.6 Å². The predicted molar refractivity (Wildman–Crippen MR) is 105 cm³/mol. The molecule has 1 unspecified atom stereocenters. The molecule has 0 aliphatic rings. The molecular formula is C20H29N3O4. The highest BCUT2D eigenvalue weighted by molar-refractivity contribution is 5.79. The first-order valence-electron chi connectivity index (χ1n) is 8.92. The van der Waals surface area contributed by atoms with Gasteiger partial charge in [0, 0.05) is 18.2 Å². The molecule has 1 aromatic heterocycles. The first kappa shape index (κ1) is 20.6. The minimum Gasteiger partial charge on any atom is -0.497 e. The largest absolute Gasteiger partial charge is 0.497 e. The molecule has 7 heteroatoms. The Bertz CT molecular complexity index is 768. The number of furan rings is 1. The number of aliphatic hydroxyl groups is 1. The van der Waals surface area contributed by atoms with Crippen molar-refractivity contribution < 1.29 is 19.0 Å². The Kier molecular flexibility index (Phi) is 7.12. The van der Waals surface area contributed by atoms with Gasteiger partial charge in [0.05, 0.1) is 27.3 Å². The van der Waals surface area contributed by atoms with Crippen molar-refractivity contribution in [1.29, 1.82) is 0 Å². The highest BCUT2D eigenvalue weighted by Gasteiger charge is 2.27. The van der Waals surface area contributed by atoms with Crippen molar-refractivity contribution in [1.82, 2.24) is 10.6 Å². The van der Waals surface area contributed by atoms with Gasteiger partial charge in [0.25, 0.3) is 0 Å². The molecule has 0 radical (unpaired) electrons. The second-order valence-corrected chi connectivity index (χ2v) is 6.41. The normalized spacial score (nSPS) is 13.8. The molecule has 0 aliphatic carbocycles. The maximum atomic E-state index is 10.7. The van der Waals surface area contributed by atoms with E-state index in [0.29, 0.717) is 30.6 Å². The molecule has 0 bridgehead atoms. The lowest BCUT2D eigenvalue weighted by Gasteiger charge is -2.23. The van der Waals surface area contributed by atoms with E-state index >= 15 is 0 Å². The van der Waals surface area contributed by atoms with Crippen LogP contribution in [0.3, 0.4) is 0 Å². The summed E-state index contributed by atoms with van der Waals surface area (Å²) in [5.74, 6) is 3.32. The highest BCUT2D eigenvalue weighted by Crippen LogP contribution is 2.25. The van der Waals surface area contributed by atoms with Crippen LogP contribution in [0, 0.1) is 6.92 Å². The first-order valence-corrected chi connectivity index (χ1v) is 8.92. The molecule has 0 fully saturated rings. The molecule has 27 heavy (non-hydrogen) atoms.